The third-order valence-corrected chi connectivity index (χ3v) is 4.39. The molecule has 3 rings (SSSR count). The molecule has 0 spiro atoms. The lowest BCUT2D eigenvalue weighted by molar-refractivity contribution is 0.469. The van der Waals surface area contributed by atoms with Crippen molar-refractivity contribution < 1.29 is 9.50 Å². The zero-order chi connectivity index (χ0) is 15.0. The summed E-state index contributed by atoms with van der Waals surface area (Å²) in [5.41, 5.74) is 1.50. The summed E-state index contributed by atoms with van der Waals surface area (Å²) in [5, 5.41) is 12.8. The van der Waals surface area contributed by atoms with Crippen molar-refractivity contribution in [1.82, 2.24) is 9.97 Å². The molecule has 110 valence electrons. The standard InChI is InChI=1S/C15H15FIN3O/c1-2-18-15-12(17)13(8-3-4-8)19-14(20-15)9-5-10(16)7-11(21)6-9/h5-8,21H,2-4H2,1H3,(H,18,19,20). The molecule has 1 aliphatic rings. The summed E-state index contributed by atoms with van der Waals surface area (Å²) >= 11 is 2.26. The zero-order valence-corrected chi connectivity index (χ0v) is 13.7. The van der Waals surface area contributed by atoms with Crippen LogP contribution in [0.5, 0.6) is 5.75 Å². The Morgan fingerprint density at radius 1 is 1.33 bits per heavy atom. The van der Waals surface area contributed by atoms with Crippen LogP contribution >= 0.6 is 22.6 Å². The molecule has 0 atom stereocenters. The lowest BCUT2D eigenvalue weighted by Crippen LogP contribution is -2.07. The number of phenols is 1. The molecule has 0 amide bonds. The summed E-state index contributed by atoms with van der Waals surface area (Å²) in [4.78, 5) is 9.07. The number of anilines is 1. The number of phenolic OH excluding ortho intramolecular Hbond substituents is 1. The maximum atomic E-state index is 13.5. The summed E-state index contributed by atoms with van der Waals surface area (Å²) in [6.45, 7) is 2.76. The Labute approximate surface area is 136 Å². The summed E-state index contributed by atoms with van der Waals surface area (Å²) in [5.74, 6) is 1.07. The number of hydrogen-bond acceptors (Lipinski definition) is 4. The van der Waals surface area contributed by atoms with Gasteiger partial charge in [0.15, 0.2) is 5.82 Å². The van der Waals surface area contributed by atoms with E-state index in [4.69, 9.17) is 0 Å². The van der Waals surface area contributed by atoms with Crippen molar-refractivity contribution in [3.05, 3.63) is 33.3 Å². The smallest absolute Gasteiger partial charge is 0.162 e. The molecule has 4 nitrogen and oxygen atoms in total. The summed E-state index contributed by atoms with van der Waals surface area (Å²) in [6.07, 6.45) is 2.26. The number of benzene rings is 1. The van der Waals surface area contributed by atoms with Gasteiger partial charge in [-0.05, 0) is 54.5 Å². The third kappa shape index (κ3) is 3.09. The number of nitrogens with zero attached hydrogens (tertiary/aromatic N) is 2. The Kier molecular flexibility index (Phi) is 3.97. The fraction of sp³-hybridized carbons (Fsp3) is 0.333. The molecule has 1 aromatic carbocycles. The van der Waals surface area contributed by atoms with Crippen molar-refractivity contribution in [3.8, 4) is 17.1 Å². The average molecular weight is 399 g/mol. The van der Waals surface area contributed by atoms with E-state index in [-0.39, 0.29) is 5.75 Å². The number of aromatic nitrogens is 2. The molecule has 6 heteroatoms. The Morgan fingerprint density at radius 2 is 2.10 bits per heavy atom. The van der Waals surface area contributed by atoms with Crippen LogP contribution in [0.3, 0.4) is 0 Å². The molecule has 0 bridgehead atoms. The molecule has 0 radical (unpaired) electrons. The number of nitrogens with one attached hydrogen (secondary N) is 1. The highest BCUT2D eigenvalue weighted by Gasteiger charge is 2.29. The summed E-state index contributed by atoms with van der Waals surface area (Å²) in [6, 6.07) is 3.90. The number of halogens is 2. The zero-order valence-electron chi connectivity index (χ0n) is 11.5. The van der Waals surface area contributed by atoms with Gasteiger partial charge in [0, 0.05) is 24.1 Å². The normalized spacial score (nSPS) is 14.2. The van der Waals surface area contributed by atoms with Crippen LogP contribution in [0.1, 0.15) is 31.4 Å². The Hall–Kier alpha value is -1.44. The van der Waals surface area contributed by atoms with E-state index in [0.717, 1.165) is 40.5 Å². The van der Waals surface area contributed by atoms with Crippen molar-refractivity contribution in [2.45, 2.75) is 25.7 Å². The number of hydrogen-bond donors (Lipinski definition) is 2. The maximum absolute atomic E-state index is 13.5. The Balaban J connectivity index is 2.12. The van der Waals surface area contributed by atoms with Gasteiger partial charge in [-0.2, -0.15) is 0 Å². The van der Waals surface area contributed by atoms with Gasteiger partial charge in [-0.1, -0.05) is 0 Å². The van der Waals surface area contributed by atoms with Crippen molar-refractivity contribution in [1.29, 1.82) is 0 Å². The van der Waals surface area contributed by atoms with Gasteiger partial charge in [-0.3, -0.25) is 0 Å². The molecule has 1 heterocycles. The average Bonchev–Trinajstić information content (AvgIpc) is 3.24. The molecule has 0 aliphatic heterocycles. The van der Waals surface area contributed by atoms with Gasteiger partial charge in [0.1, 0.15) is 17.4 Å². The minimum Gasteiger partial charge on any atom is -0.508 e. The van der Waals surface area contributed by atoms with E-state index in [2.05, 4.69) is 37.9 Å². The first-order chi connectivity index (χ1) is 10.1. The molecule has 1 fully saturated rings. The monoisotopic (exact) mass is 399 g/mol. The molecular weight excluding hydrogens is 384 g/mol. The quantitative estimate of drug-likeness (QED) is 0.766. The minimum absolute atomic E-state index is 0.120. The van der Waals surface area contributed by atoms with E-state index in [9.17, 15) is 9.50 Å². The van der Waals surface area contributed by atoms with Crippen LogP contribution in [-0.4, -0.2) is 21.6 Å². The predicted molar refractivity (Wildman–Crippen MR) is 87.9 cm³/mol. The highest BCUT2D eigenvalue weighted by molar-refractivity contribution is 14.1. The fourth-order valence-corrected chi connectivity index (χ4v) is 3.08. The van der Waals surface area contributed by atoms with Gasteiger partial charge in [0.25, 0.3) is 0 Å². The Bertz CT molecular complexity index is 669. The van der Waals surface area contributed by atoms with Gasteiger partial charge in [-0.25, -0.2) is 14.4 Å². The summed E-state index contributed by atoms with van der Waals surface area (Å²) in [7, 11) is 0. The van der Waals surface area contributed by atoms with Gasteiger partial charge in [0.05, 0.1) is 9.26 Å². The van der Waals surface area contributed by atoms with Crippen LogP contribution in [-0.2, 0) is 0 Å². The van der Waals surface area contributed by atoms with Crippen LogP contribution in [0.15, 0.2) is 18.2 Å². The van der Waals surface area contributed by atoms with E-state index in [1.165, 1.54) is 12.1 Å². The first-order valence-corrected chi connectivity index (χ1v) is 7.97. The highest BCUT2D eigenvalue weighted by Crippen LogP contribution is 2.43. The largest absolute Gasteiger partial charge is 0.508 e. The van der Waals surface area contributed by atoms with Gasteiger partial charge in [0.2, 0.25) is 0 Å². The first kappa shape index (κ1) is 14.5. The lowest BCUT2D eigenvalue weighted by atomic mass is 10.1. The van der Waals surface area contributed by atoms with Gasteiger partial charge < -0.3 is 10.4 Å². The second-order valence-corrected chi connectivity index (χ2v) is 6.18. The van der Waals surface area contributed by atoms with Gasteiger partial charge in [-0.15, -0.1) is 0 Å². The van der Waals surface area contributed by atoms with Crippen LogP contribution in [0.25, 0.3) is 11.4 Å². The molecule has 1 aromatic heterocycles. The van der Waals surface area contributed by atoms with Crippen LogP contribution in [0.2, 0.25) is 0 Å². The van der Waals surface area contributed by atoms with Crippen LogP contribution < -0.4 is 5.32 Å². The molecule has 0 unspecified atom stereocenters. The number of rotatable bonds is 4. The second-order valence-electron chi connectivity index (χ2n) is 5.10. The summed E-state index contributed by atoms with van der Waals surface area (Å²) < 4.78 is 14.5. The Morgan fingerprint density at radius 3 is 2.71 bits per heavy atom. The highest BCUT2D eigenvalue weighted by atomic mass is 127. The van der Waals surface area contributed by atoms with Crippen LogP contribution in [0, 0.1) is 9.39 Å². The van der Waals surface area contributed by atoms with Crippen molar-refractivity contribution in [2.75, 3.05) is 11.9 Å². The topological polar surface area (TPSA) is 58.0 Å². The SMILES string of the molecule is CCNc1nc(-c2cc(O)cc(F)c2)nc(C2CC2)c1I. The molecular formula is C15H15FIN3O. The molecule has 2 N–H and O–H groups in total. The van der Waals surface area contributed by atoms with Gasteiger partial charge >= 0.3 is 0 Å². The van der Waals surface area contributed by atoms with Crippen molar-refractivity contribution in [3.63, 3.8) is 0 Å². The predicted octanol–water partition coefficient (Wildman–Crippen LogP) is 3.90. The third-order valence-electron chi connectivity index (χ3n) is 3.33. The molecule has 1 aliphatic carbocycles. The molecule has 21 heavy (non-hydrogen) atoms. The van der Waals surface area contributed by atoms with E-state index in [0.29, 0.717) is 17.3 Å². The minimum atomic E-state index is -0.495. The van der Waals surface area contributed by atoms with Crippen LogP contribution in [0.4, 0.5) is 10.2 Å². The molecule has 2 aromatic rings. The molecule has 1 saturated carbocycles. The first-order valence-electron chi connectivity index (χ1n) is 6.89. The second kappa shape index (κ2) is 5.75. The van der Waals surface area contributed by atoms with E-state index < -0.39 is 5.82 Å². The van der Waals surface area contributed by atoms with E-state index in [1.54, 1.807) is 0 Å². The van der Waals surface area contributed by atoms with Crippen molar-refractivity contribution in [2.24, 2.45) is 0 Å². The number of aromatic hydroxyl groups is 1. The molecule has 0 saturated heterocycles. The fourth-order valence-electron chi connectivity index (χ4n) is 2.21. The van der Waals surface area contributed by atoms with E-state index >= 15 is 0 Å². The van der Waals surface area contributed by atoms with Crippen molar-refractivity contribution >= 4 is 28.4 Å². The maximum Gasteiger partial charge on any atom is 0.162 e. The van der Waals surface area contributed by atoms with E-state index in [1.807, 2.05) is 6.92 Å². The lowest BCUT2D eigenvalue weighted by Gasteiger charge is -2.12.